The Kier molecular flexibility index (Phi) is 15.1. The predicted octanol–water partition coefficient (Wildman–Crippen LogP) is 5.98. The van der Waals surface area contributed by atoms with E-state index in [9.17, 15) is 19.7 Å². The third-order valence-electron chi connectivity index (χ3n) is 8.02. The number of hydrogen-bond donors (Lipinski definition) is 1. The van der Waals surface area contributed by atoms with Gasteiger partial charge in [-0.15, -0.1) is 12.4 Å². The van der Waals surface area contributed by atoms with E-state index in [0.717, 1.165) is 13.0 Å². The van der Waals surface area contributed by atoms with Crippen molar-refractivity contribution in [2.75, 3.05) is 27.2 Å². The average Bonchev–Trinajstić information content (AvgIpc) is 3.01. The molecule has 248 valence electrons. The Balaban J connectivity index is 0.00000384. The molecule has 1 unspecified atom stereocenters. The zero-order chi connectivity index (χ0) is 32.7. The zero-order valence-corrected chi connectivity index (χ0v) is 27.9. The van der Waals surface area contributed by atoms with Gasteiger partial charge in [0.1, 0.15) is 5.60 Å². The molecule has 3 aromatic rings. The van der Waals surface area contributed by atoms with Crippen LogP contribution in [0.2, 0.25) is 0 Å². The van der Waals surface area contributed by atoms with Gasteiger partial charge in [-0.2, -0.15) is 0 Å². The van der Waals surface area contributed by atoms with Gasteiger partial charge in [0.05, 0.1) is 29.1 Å². The van der Waals surface area contributed by atoms with Gasteiger partial charge in [-0.3, -0.25) is 10.1 Å². The Bertz CT molecular complexity index is 1570. The third-order valence-corrected chi connectivity index (χ3v) is 8.02. The summed E-state index contributed by atoms with van der Waals surface area (Å²) < 4.78 is 11.2. The molecule has 0 spiro atoms. The van der Waals surface area contributed by atoms with Crippen molar-refractivity contribution in [3.8, 4) is 0 Å². The van der Waals surface area contributed by atoms with Crippen molar-refractivity contribution in [1.29, 1.82) is 0 Å². The maximum atomic E-state index is 14.0. The zero-order valence-electron chi connectivity index (χ0n) is 27.1. The van der Waals surface area contributed by atoms with Crippen LogP contribution in [-0.4, -0.2) is 92.3 Å². The second kappa shape index (κ2) is 17.8. The van der Waals surface area contributed by atoms with E-state index in [1.54, 1.807) is 19.9 Å². The molecule has 4 rings (SSSR count). The second-order valence-corrected chi connectivity index (χ2v) is 12.0. The Morgan fingerprint density at radius 3 is 1.96 bits per heavy atom. The first kappa shape index (κ1) is 40.0. The molecule has 0 saturated heterocycles. The Labute approximate surface area is 313 Å². The summed E-state index contributed by atoms with van der Waals surface area (Å²) in [5.41, 5.74) is 3.24. The van der Waals surface area contributed by atoms with E-state index in [0.29, 0.717) is 23.5 Å². The summed E-state index contributed by atoms with van der Waals surface area (Å²) >= 11 is 0. The number of carbonyl (C=O) groups is 2. The number of carbonyl (C=O) groups excluding carboxylic acids is 2. The van der Waals surface area contributed by atoms with Gasteiger partial charge in [-0.05, 0) is 64.4 Å². The molecule has 0 radical (unpaired) electrons. The number of halogens is 1. The Morgan fingerprint density at radius 1 is 0.915 bits per heavy atom. The quantitative estimate of drug-likeness (QED) is 0.107. The normalized spacial score (nSPS) is 14.6. The first-order chi connectivity index (χ1) is 21.4. The van der Waals surface area contributed by atoms with E-state index >= 15 is 0 Å². The number of dihydropyridines is 1. The number of nitrogens with zero attached hydrogens (tertiary/aromatic N) is 2. The van der Waals surface area contributed by atoms with Crippen molar-refractivity contribution >= 4 is 67.8 Å². The fraction of sp³-hybridized carbons (Fsp3) is 0.333. The molecule has 1 atom stereocenters. The Hall–Kier alpha value is -3.21. The molecule has 1 N–H and O–H groups in total. The van der Waals surface area contributed by atoms with Gasteiger partial charge in [0, 0.05) is 36.0 Å². The number of esters is 2. The number of non-ortho nitro benzene ring substituents is 1. The number of nitrogens with one attached hydrogen (secondary N) is 1. The summed E-state index contributed by atoms with van der Waals surface area (Å²) in [6.45, 7) is 8.34. The number of benzene rings is 3. The predicted molar refractivity (Wildman–Crippen MR) is 189 cm³/mol. The van der Waals surface area contributed by atoms with Crippen LogP contribution in [0.4, 0.5) is 5.69 Å². The second-order valence-electron chi connectivity index (χ2n) is 12.0. The molecule has 11 heteroatoms. The van der Waals surface area contributed by atoms with E-state index < -0.39 is 28.4 Å². The van der Waals surface area contributed by atoms with Gasteiger partial charge in [0.15, 0.2) is 0 Å². The summed E-state index contributed by atoms with van der Waals surface area (Å²) in [6, 6.07) is 26.8. The molecule has 1 heterocycles. The molecule has 47 heavy (non-hydrogen) atoms. The standard InChI is InChI=1S/C36H41N3O6.Ca.ClH.2H/c1-24-31(34(40)44-6)33(28-18-13-19-29(22-28)39(42)43)32(25(2)37-24)35(41)45-36(3,4)23-38(5)21-20-30(26-14-9-7-10-15-26)27-16-11-8-12-17-27;;;;/h7-19,22,30,33,37H,20-21,23H2,1-6H3;;1H;;. The fourth-order valence-corrected chi connectivity index (χ4v) is 6.11. The van der Waals surface area contributed by atoms with Crippen LogP contribution < -0.4 is 5.32 Å². The number of allylic oxidation sites excluding steroid dienone is 2. The van der Waals surface area contributed by atoms with Crippen molar-refractivity contribution in [3.05, 3.63) is 134 Å². The van der Waals surface area contributed by atoms with Crippen LogP contribution in [0.15, 0.2) is 107 Å². The van der Waals surface area contributed by atoms with Crippen molar-refractivity contribution < 1.29 is 24.0 Å². The number of nitro benzene ring substituents is 1. The summed E-state index contributed by atoms with van der Waals surface area (Å²) in [5.74, 6) is -1.96. The monoisotopic (exact) mass is 689 g/mol. The van der Waals surface area contributed by atoms with Crippen LogP contribution in [0.3, 0.4) is 0 Å². The Morgan fingerprint density at radius 2 is 1.45 bits per heavy atom. The summed E-state index contributed by atoms with van der Waals surface area (Å²) in [6.07, 6.45) is 0.865. The fourth-order valence-electron chi connectivity index (χ4n) is 6.11. The molecular formula is C36H44CaClN3O6. The van der Waals surface area contributed by atoms with Gasteiger partial charge < -0.3 is 19.7 Å². The van der Waals surface area contributed by atoms with E-state index in [2.05, 4.69) is 58.7 Å². The van der Waals surface area contributed by atoms with Crippen LogP contribution in [-0.2, 0) is 19.1 Å². The summed E-state index contributed by atoms with van der Waals surface area (Å²) in [7, 11) is 3.26. The van der Waals surface area contributed by atoms with Crippen LogP contribution >= 0.6 is 12.4 Å². The molecule has 3 aromatic carbocycles. The number of likely N-dealkylation sites (N-methyl/N-ethyl adjacent to an activating group) is 1. The topological polar surface area (TPSA) is 111 Å². The van der Waals surface area contributed by atoms with Gasteiger partial charge in [0.2, 0.25) is 0 Å². The van der Waals surface area contributed by atoms with Gasteiger partial charge >= 0.3 is 49.7 Å². The number of ether oxygens (including phenoxy) is 2. The SMILES string of the molecule is COC(=O)C1=C(C)NC(C)=C(C(=O)OC(C)(C)CN(C)CCC(c2ccccc2)c2ccccc2)C1c1cccc([N+](=O)[O-])c1.Cl.[CaH2]. The molecular weight excluding hydrogens is 646 g/mol. The molecule has 0 amide bonds. The van der Waals surface area contributed by atoms with Crippen molar-refractivity contribution in [1.82, 2.24) is 10.2 Å². The van der Waals surface area contributed by atoms with Crippen molar-refractivity contribution in [3.63, 3.8) is 0 Å². The minimum absolute atomic E-state index is 0. The number of methoxy groups -OCH3 is 1. The van der Waals surface area contributed by atoms with Crippen LogP contribution in [0, 0.1) is 10.1 Å². The number of rotatable bonds is 12. The van der Waals surface area contributed by atoms with Crippen LogP contribution in [0.1, 0.15) is 62.6 Å². The van der Waals surface area contributed by atoms with Crippen molar-refractivity contribution in [2.45, 2.75) is 51.6 Å². The van der Waals surface area contributed by atoms with Gasteiger partial charge in [-0.25, -0.2) is 9.59 Å². The van der Waals surface area contributed by atoms with E-state index in [4.69, 9.17) is 9.47 Å². The first-order valence-electron chi connectivity index (χ1n) is 14.9. The molecule has 0 aromatic heterocycles. The molecule has 0 fully saturated rings. The molecule has 0 saturated carbocycles. The van der Waals surface area contributed by atoms with Crippen LogP contribution in [0.5, 0.6) is 0 Å². The van der Waals surface area contributed by atoms with Gasteiger partial charge in [-0.1, -0.05) is 72.8 Å². The summed E-state index contributed by atoms with van der Waals surface area (Å²) in [5, 5.41) is 14.7. The minimum atomic E-state index is -0.919. The van der Waals surface area contributed by atoms with E-state index in [1.807, 2.05) is 33.0 Å². The first-order valence-corrected chi connectivity index (χ1v) is 14.9. The van der Waals surface area contributed by atoms with Gasteiger partial charge in [0.25, 0.3) is 5.69 Å². The molecule has 0 bridgehead atoms. The molecule has 0 aliphatic carbocycles. The molecule has 1 aliphatic heterocycles. The number of nitro groups is 1. The van der Waals surface area contributed by atoms with E-state index in [-0.39, 0.29) is 72.9 Å². The molecule has 9 nitrogen and oxygen atoms in total. The number of hydrogen-bond acceptors (Lipinski definition) is 8. The average molecular weight is 690 g/mol. The van der Waals surface area contributed by atoms with E-state index in [1.165, 1.54) is 36.4 Å². The van der Waals surface area contributed by atoms with Crippen LogP contribution in [0.25, 0.3) is 0 Å². The molecule has 1 aliphatic rings. The maximum absolute atomic E-state index is 14.0. The van der Waals surface area contributed by atoms with Crippen molar-refractivity contribution in [2.24, 2.45) is 0 Å². The summed E-state index contributed by atoms with van der Waals surface area (Å²) in [4.78, 5) is 40.2. The third kappa shape index (κ3) is 10.1.